The van der Waals surface area contributed by atoms with E-state index in [0.717, 1.165) is 6.07 Å². The van der Waals surface area contributed by atoms with E-state index >= 15 is 0 Å². The molecule has 16 heavy (non-hydrogen) atoms. The summed E-state index contributed by atoms with van der Waals surface area (Å²) >= 11 is 0. The van der Waals surface area contributed by atoms with Crippen LogP contribution in [-0.2, 0) is 11.3 Å². The van der Waals surface area contributed by atoms with E-state index in [4.69, 9.17) is 10.5 Å². The van der Waals surface area contributed by atoms with E-state index in [9.17, 15) is 17.6 Å². The SMILES string of the molecule is Nc1ccc(COCCC(F)(F)F)c(F)c1. The standard InChI is InChI=1S/C10H11F4NO/c11-9-5-8(15)2-1-7(9)6-16-4-3-10(12,13)14/h1-2,5H,3-4,6,15H2. The largest absolute Gasteiger partial charge is 0.399 e. The van der Waals surface area contributed by atoms with Gasteiger partial charge >= 0.3 is 6.18 Å². The van der Waals surface area contributed by atoms with E-state index in [1.54, 1.807) is 0 Å². The fourth-order valence-electron chi connectivity index (χ4n) is 1.05. The minimum atomic E-state index is -4.25. The molecule has 0 saturated carbocycles. The fourth-order valence-corrected chi connectivity index (χ4v) is 1.05. The maximum Gasteiger partial charge on any atom is 0.391 e. The Hall–Kier alpha value is -1.30. The molecule has 0 fully saturated rings. The van der Waals surface area contributed by atoms with Gasteiger partial charge in [-0.15, -0.1) is 0 Å². The molecule has 2 N–H and O–H groups in total. The van der Waals surface area contributed by atoms with Gasteiger partial charge in [-0.3, -0.25) is 0 Å². The quantitative estimate of drug-likeness (QED) is 0.496. The zero-order valence-electron chi connectivity index (χ0n) is 8.35. The molecule has 0 aliphatic rings. The second kappa shape index (κ2) is 5.16. The Kier molecular flexibility index (Phi) is 4.12. The molecular weight excluding hydrogens is 226 g/mol. The van der Waals surface area contributed by atoms with Crippen LogP contribution in [0.15, 0.2) is 18.2 Å². The predicted molar refractivity (Wildman–Crippen MR) is 51.1 cm³/mol. The summed E-state index contributed by atoms with van der Waals surface area (Å²) < 4.78 is 53.1. The van der Waals surface area contributed by atoms with E-state index < -0.39 is 25.0 Å². The van der Waals surface area contributed by atoms with Crippen molar-refractivity contribution in [2.45, 2.75) is 19.2 Å². The van der Waals surface area contributed by atoms with Crippen molar-refractivity contribution in [2.75, 3.05) is 12.3 Å². The average molecular weight is 237 g/mol. The number of ether oxygens (including phenoxy) is 1. The van der Waals surface area contributed by atoms with Crippen LogP contribution in [0.1, 0.15) is 12.0 Å². The van der Waals surface area contributed by atoms with Crippen LogP contribution in [0, 0.1) is 5.82 Å². The highest BCUT2D eigenvalue weighted by atomic mass is 19.4. The number of hydrogen-bond acceptors (Lipinski definition) is 2. The van der Waals surface area contributed by atoms with Gasteiger partial charge in [-0.05, 0) is 12.1 Å². The van der Waals surface area contributed by atoms with Crippen LogP contribution in [-0.4, -0.2) is 12.8 Å². The van der Waals surface area contributed by atoms with Crippen molar-refractivity contribution >= 4 is 5.69 Å². The number of nitrogen functional groups attached to an aromatic ring is 1. The van der Waals surface area contributed by atoms with Crippen molar-refractivity contribution < 1.29 is 22.3 Å². The van der Waals surface area contributed by atoms with Gasteiger partial charge < -0.3 is 10.5 Å². The van der Waals surface area contributed by atoms with E-state index in [-0.39, 0.29) is 17.9 Å². The monoisotopic (exact) mass is 237 g/mol. The molecular formula is C10H11F4NO. The van der Waals surface area contributed by atoms with Crippen LogP contribution in [0.2, 0.25) is 0 Å². The summed E-state index contributed by atoms with van der Waals surface area (Å²) in [5.74, 6) is -0.577. The van der Waals surface area contributed by atoms with Crippen LogP contribution in [0.4, 0.5) is 23.2 Å². The van der Waals surface area contributed by atoms with Gasteiger partial charge in [-0.25, -0.2) is 4.39 Å². The van der Waals surface area contributed by atoms with E-state index in [0.29, 0.717) is 0 Å². The molecule has 0 unspecified atom stereocenters. The maximum atomic E-state index is 13.1. The number of rotatable bonds is 4. The normalized spacial score (nSPS) is 11.8. The molecule has 1 aromatic rings. The first-order valence-corrected chi connectivity index (χ1v) is 4.57. The number of alkyl halides is 3. The molecule has 0 radical (unpaired) electrons. The molecule has 0 aliphatic heterocycles. The Morgan fingerprint density at radius 1 is 1.25 bits per heavy atom. The first kappa shape index (κ1) is 12.8. The van der Waals surface area contributed by atoms with Gasteiger partial charge in [0.25, 0.3) is 0 Å². The Bertz CT molecular complexity index is 351. The summed E-state index contributed by atoms with van der Waals surface area (Å²) in [4.78, 5) is 0. The van der Waals surface area contributed by atoms with Crippen LogP contribution < -0.4 is 5.73 Å². The number of halogens is 4. The van der Waals surface area contributed by atoms with E-state index in [1.807, 2.05) is 0 Å². The van der Waals surface area contributed by atoms with Crippen molar-refractivity contribution in [1.29, 1.82) is 0 Å². The molecule has 0 aliphatic carbocycles. The molecule has 0 bridgehead atoms. The number of anilines is 1. The van der Waals surface area contributed by atoms with E-state index in [2.05, 4.69) is 0 Å². The molecule has 1 aromatic carbocycles. The van der Waals surface area contributed by atoms with Gasteiger partial charge in [0.1, 0.15) is 5.82 Å². The summed E-state index contributed by atoms with van der Waals surface area (Å²) in [5, 5.41) is 0. The lowest BCUT2D eigenvalue weighted by Crippen LogP contribution is -2.11. The van der Waals surface area contributed by atoms with Crippen LogP contribution in [0.3, 0.4) is 0 Å². The predicted octanol–water partition coefficient (Wildman–Crippen LogP) is 2.88. The van der Waals surface area contributed by atoms with Gasteiger partial charge in [-0.1, -0.05) is 6.07 Å². The van der Waals surface area contributed by atoms with Gasteiger partial charge in [0.2, 0.25) is 0 Å². The number of nitrogens with two attached hydrogens (primary N) is 1. The van der Waals surface area contributed by atoms with Crippen molar-refractivity contribution in [3.63, 3.8) is 0 Å². The van der Waals surface area contributed by atoms with Gasteiger partial charge in [0.15, 0.2) is 0 Å². The molecule has 0 aromatic heterocycles. The van der Waals surface area contributed by atoms with Crippen molar-refractivity contribution in [3.05, 3.63) is 29.6 Å². The molecule has 2 nitrogen and oxygen atoms in total. The molecule has 90 valence electrons. The Morgan fingerprint density at radius 2 is 1.94 bits per heavy atom. The third-order valence-corrected chi connectivity index (χ3v) is 1.86. The summed E-state index contributed by atoms with van der Waals surface area (Å²) in [6.45, 7) is -0.671. The zero-order chi connectivity index (χ0) is 12.2. The second-order valence-electron chi connectivity index (χ2n) is 3.27. The van der Waals surface area contributed by atoms with Crippen molar-refractivity contribution in [3.8, 4) is 0 Å². The summed E-state index contributed by atoms with van der Waals surface area (Å²) in [7, 11) is 0. The average Bonchev–Trinajstić information content (AvgIpc) is 2.13. The zero-order valence-corrected chi connectivity index (χ0v) is 8.35. The molecule has 6 heteroatoms. The van der Waals surface area contributed by atoms with Gasteiger partial charge in [0.05, 0.1) is 19.6 Å². The molecule has 0 spiro atoms. The summed E-state index contributed by atoms with van der Waals surface area (Å²) in [6.07, 6.45) is -5.29. The van der Waals surface area contributed by atoms with Crippen LogP contribution in [0.5, 0.6) is 0 Å². The summed E-state index contributed by atoms with van der Waals surface area (Å²) in [5.41, 5.74) is 5.76. The molecule has 0 saturated heterocycles. The first-order valence-electron chi connectivity index (χ1n) is 4.57. The lowest BCUT2D eigenvalue weighted by molar-refractivity contribution is -0.146. The molecule has 0 atom stereocenters. The molecule has 0 heterocycles. The Balaban J connectivity index is 2.38. The Morgan fingerprint density at radius 3 is 2.50 bits per heavy atom. The number of benzene rings is 1. The third-order valence-electron chi connectivity index (χ3n) is 1.86. The highest BCUT2D eigenvalue weighted by molar-refractivity contribution is 5.40. The minimum Gasteiger partial charge on any atom is -0.399 e. The van der Waals surface area contributed by atoms with E-state index in [1.165, 1.54) is 12.1 Å². The number of hydrogen-bond donors (Lipinski definition) is 1. The van der Waals surface area contributed by atoms with Crippen LogP contribution >= 0.6 is 0 Å². The van der Waals surface area contributed by atoms with Gasteiger partial charge in [0, 0.05) is 11.3 Å². The first-order chi connectivity index (χ1) is 7.38. The minimum absolute atomic E-state index is 0.191. The third kappa shape index (κ3) is 4.48. The van der Waals surface area contributed by atoms with Crippen LogP contribution in [0.25, 0.3) is 0 Å². The lowest BCUT2D eigenvalue weighted by Gasteiger charge is -2.08. The van der Waals surface area contributed by atoms with Crippen molar-refractivity contribution in [1.82, 2.24) is 0 Å². The molecule has 0 amide bonds. The smallest absolute Gasteiger partial charge is 0.391 e. The van der Waals surface area contributed by atoms with Gasteiger partial charge in [-0.2, -0.15) is 13.2 Å². The summed E-state index contributed by atoms with van der Waals surface area (Å²) in [6, 6.07) is 3.95. The Labute approximate surface area is 90.0 Å². The molecule has 1 rings (SSSR count). The topological polar surface area (TPSA) is 35.2 Å². The maximum absolute atomic E-state index is 13.1. The highest BCUT2D eigenvalue weighted by Gasteiger charge is 2.26. The fraction of sp³-hybridized carbons (Fsp3) is 0.400. The van der Waals surface area contributed by atoms with Crippen molar-refractivity contribution in [2.24, 2.45) is 0 Å². The highest BCUT2D eigenvalue weighted by Crippen LogP contribution is 2.19. The lowest BCUT2D eigenvalue weighted by atomic mass is 10.2. The second-order valence-corrected chi connectivity index (χ2v) is 3.27.